The van der Waals surface area contributed by atoms with Crippen LogP contribution in [0.5, 0.6) is 0 Å². The summed E-state index contributed by atoms with van der Waals surface area (Å²) in [4.78, 5) is 4.52. The molecular formula is C12H14N4. The number of anilines is 1. The summed E-state index contributed by atoms with van der Waals surface area (Å²) in [6.07, 6.45) is 2.45. The largest absolute Gasteiger partial charge is 0.398 e. The normalized spacial score (nSPS) is 15.3. The highest BCUT2D eigenvalue weighted by molar-refractivity contribution is 5.67. The summed E-state index contributed by atoms with van der Waals surface area (Å²) in [5.74, 6) is 2.37. The second-order valence-electron chi connectivity index (χ2n) is 4.34. The van der Waals surface area contributed by atoms with E-state index in [1.54, 1.807) is 0 Å². The van der Waals surface area contributed by atoms with Gasteiger partial charge in [0.2, 0.25) is 0 Å². The van der Waals surface area contributed by atoms with Crippen molar-refractivity contribution >= 4 is 5.69 Å². The van der Waals surface area contributed by atoms with Crippen LogP contribution in [0.25, 0.3) is 11.4 Å². The molecule has 16 heavy (non-hydrogen) atoms. The van der Waals surface area contributed by atoms with Gasteiger partial charge in [-0.15, -0.1) is 0 Å². The third-order valence-electron chi connectivity index (χ3n) is 3.08. The standard InChI is InChI=1S/C12H14N4/c1-7-9(3-2-4-10(7)13)12-14-11(15-16-12)8-5-6-8/h2-4,8H,5-6,13H2,1H3,(H,14,15,16). The van der Waals surface area contributed by atoms with Gasteiger partial charge in [0.05, 0.1) is 0 Å². The molecule has 1 aromatic heterocycles. The average Bonchev–Trinajstić information content (AvgIpc) is 3.02. The molecular weight excluding hydrogens is 200 g/mol. The van der Waals surface area contributed by atoms with Gasteiger partial charge in [0.15, 0.2) is 5.82 Å². The smallest absolute Gasteiger partial charge is 0.181 e. The van der Waals surface area contributed by atoms with Gasteiger partial charge in [-0.05, 0) is 31.4 Å². The molecule has 1 saturated carbocycles. The first-order chi connectivity index (χ1) is 7.75. The fourth-order valence-corrected chi connectivity index (χ4v) is 1.83. The van der Waals surface area contributed by atoms with Crippen LogP contribution >= 0.6 is 0 Å². The SMILES string of the molecule is Cc1c(N)cccc1-c1n[nH]c(C2CC2)n1. The number of nitrogens with two attached hydrogens (primary N) is 1. The minimum Gasteiger partial charge on any atom is -0.398 e. The fraction of sp³-hybridized carbons (Fsp3) is 0.333. The predicted molar refractivity (Wildman–Crippen MR) is 62.9 cm³/mol. The van der Waals surface area contributed by atoms with Gasteiger partial charge in [0.1, 0.15) is 5.82 Å². The highest BCUT2D eigenvalue weighted by Gasteiger charge is 2.27. The summed E-state index contributed by atoms with van der Waals surface area (Å²) < 4.78 is 0. The van der Waals surface area contributed by atoms with Gasteiger partial charge in [0.25, 0.3) is 0 Å². The number of rotatable bonds is 2. The molecule has 0 atom stereocenters. The Morgan fingerprint density at radius 2 is 2.19 bits per heavy atom. The third kappa shape index (κ3) is 1.46. The van der Waals surface area contributed by atoms with Crippen molar-refractivity contribution in [3.05, 3.63) is 29.6 Å². The van der Waals surface area contributed by atoms with E-state index in [1.807, 2.05) is 25.1 Å². The highest BCUT2D eigenvalue weighted by Crippen LogP contribution is 2.38. The molecule has 0 unspecified atom stereocenters. The molecule has 1 heterocycles. The Morgan fingerprint density at radius 1 is 1.38 bits per heavy atom. The lowest BCUT2D eigenvalue weighted by Gasteiger charge is -2.03. The van der Waals surface area contributed by atoms with E-state index in [1.165, 1.54) is 12.8 Å². The molecule has 0 amide bonds. The van der Waals surface area contributed by atoms with E-state index in [4.69, 9.17) is 5.73 Å². The van der Waals surface area contributed by atoms with Crippen LogP contribution in [-0.2, 0) is 0 Å². The summed E-state index contributed by atoms with van der Waals surface area (Å²) in [6.45, 7) is 2.00. The monoisotopic (exact) mass is 214 g/mol. The van der Waals surface area contributed by atoms with Crippen molar-refractivity contribution in [3.63, 3.8) is 0 Å². The number of benzene rings is 1. The minimum atomic E-state index is 0.600. The van der Waals surface area contributed by atoms with Crippen LogP contribution in [0.3, 0.4) is 0 Å². The maximum absolute atomic E-state index is 5.87. The van der Waals surface area contributed by atoms with Crippen LogP contribution in [0, 0.1) is 6.92 Å². The molecule has 0 spiro atoms. The first-order valence-electron chi connectivity index (χ1n) is 5.53. The van der Waals surface area contributed by atoms with Crippen molar-refractivity contribution in [3.8, 4) is 11.4 Å². The van der Waals surface area contributed by atoms with Crippen LogP contribution in [0.2, 0.25) is 0 Å². The van der Waals surface area contributed by atoms with Crippen molar-refractivity contribution in [1.82, 2.24) is 15.2 Å². The molecule has 1 fully saturated rings. The second kappa shape index (κ2) is 3.33. The predicted octanol–water partition coefficient (Wildman–Crippen LogP) is 2.24. The average molecular weight is 214 g/mol. The maximum atomic E-state index is 5.87. The molecule has 3 N–H and O–H groups in total. The van der Waals surface area contributed by atoms with E-state index in [-0.39, 0.29) is 0 Å². The topological polar surface area (TPSA) is 67.6 Å². The molecule has 3 rings (SSSR count). The van der Waals surface area contributed by atoms with Gasteiger partial charge in [-0.2, -0.15) is 5.10 Å². The van der Waals surface area contributed by atoms with Gasteiger partial charge in [-0.3, -0.25) is 5.10 Å². The van der Waals surface area contributed by atoms with Gasteiger partial charge >= 0.3 is 0 Å². The van der Waals surface area contributed by atoms with E-state index in [0.717, 1.165) is 28.5 Å². The number of hydrogen-bond donors (Lipinski definition) is 2. The number of aromatic nitrogens is 3. The molecule has 0 aliphatic heterocycles. The molecule has 4 nitrogen and oxygen atoms in total. The lowest BCUT2D eigenvalue weighted by molar-refractivity contribution is 0.935. The van der Waals surface area contributed by atoms with Crippen LogP contribution < -0.4 is 5.73 Å². The summed E-state index contributed by atoms with van der Waals surface area (Å²) in [5.41, 5.74) is 8.72. The van der Waals surface area contributed by atoms with Gasteiger partial charge in [0, 0.05) is 17.2 Å². The first-order valence-corrected chi connectivity index (χ1v) is 5.53. The second-order valence-corrected chi connectivity index (χ2v) is 4.34. The van der Waals surface area contributed by atoms with Crippen LogP contribution in [0.4, 0.5) is 5.69 Å². The number of nitrogen functional groups attached to an aromatic ring is 1. The van der Waals surface area contributed by atoms with Gasteiger partial charge < -0.3 is 5.73 Å². The van der Waals surface area contributed by atoms with Crippen molar-refractivity contribution in [2.75, 3.05) is 5.73 Å². The molecule has 1 aromatic carbocycles. The maximum Gasteiger partial charge on any atom is 0.181 e. The van der Waals surface area contributed by atoms with E-state index in [2.05, 4.69) is 15.2 Å². The van der Waals surface area contributed by atoms with Crippen LogP contribution in [0.15, 0.2) is 18.2 Å². The number of H-pyrrole nitrogens is 1. The summed E-state index contributed by atoms with van der Waals surface area (Å²) >= 11 is 0. The third-order valence-corrected chi connectivity index (χ3v) is 3.08. The first kappa shape index (κ1) is 9.39. The molecule has 2 aromatic rings. The molecule has 82 valence electrons. The van der Waals surface area contributed by atoms with Crippen molar-refractivity contribution in [1.29, 1.82) is 0 Å². The lowest BCUT2D eigenvalue weighted by atomic mass is 10.1. The Morgan fingerprint density at radius 3 is 2.94 bits per heavy atom. The molecule has 0 bridgehead atoms. The Balaban J connectivity index is 2.03. The van der Waals surface area contributed by atoms with Gasteiger partial charge in [-0.1, -0.05) is 12.1 Å². The fourth-order valence-electron chi connectivity index (χ4n) is 1.83. The Bertz CT molecular complexity index is 526. The number of nitrogens with zero attached hydrogens (tertiary/aromatic N) is 2. The van der Waals surface area contributed by atoms with E-state index in [9.17, 15) is 0 Å². The highest BCUT2D eigenvalue weighted by atomic mass is 15.2. The lowest BCUT2D eigenvalue weighted by Crippen LogP contribution is -1.93. The van der Waals surface area contributed by atoms with E-state index in [0.29, 0.717) is 5.92 Å². The zero-order valence-electron chi connectivity index (χ0n) is 9.20. The van der Waals surface area contributed by atoms with Gasteiger partial charge in [-0.25, -0.2) is 4.98 Å². The zero-order valence-corrected chi connectivity index (χ0v) is 9.20. The van der Waals surface area contributed by atoms with Crippen molar-refractivity contribution in [2.24, 2.45) is 0 Å². The van der Waals surface area contributed by atoms with Crippen LogP contribution in [0.1, 0.15) is 30.1 Å². The summed E-state index contributed by atoms with van der Waals surface area (Å²) in [5, 5.41) is 7.27. The molecule has 0 saturated heterocycles. The van der Waals surface area contributed by atoms with Crippen molar-refractivity contribution in [2.45, 2.75) is 25.7 Å². The molecule has 4 heteroatoms. The molecule has 0 radical (unpaired) electrons. The quantitative estimate of drug-likeness (QED) is 0.753. The Labute approximate surface area is 93.9 Å². The summed E-state index contributed by atoms with van der Waals surface area (Å²) in [7, 11) is 0. The van der Waals surface area contributed by atoms with E-state index >= 15 is 0 Å². The summed E-state index contributed by atoms with van der Waals surface area (Å²) in [6, 6.07) is 5.84. The molecule has 1 aliphatic rings. The van der Waals surface area contributed by atoms with Crippen molar-refractivity contribution < 1.29 is 0 Å². The van der Waals surface area contributed by atoms with Crippen LogP contribution in [-0.4, -0.2) is 15.2 Å². The zero-order chi connectivity index (χ0) is 11.1. The Hall–Kier alpha value is -1.84. The number of hydrogen-bond acceptors (Lipinski definition) is 3. The minimum absolute atomic E-state index is 0.600. The Kier molecular flexibility index (Phi) is 1.96. The molecule has 1 aliphatic carbocycles. The van der Waals surface area contributed by atoms with E-state index < -0.39 is 0 Å². The number of aromatic amines is 1. The number of nitrogens with one attached hydrogen (secondary N) is 1.